The summed E-state index contributed by atoms with van der Waals surface area (Å²) in [7, 11) is 0. The largest absolute Gasteiger partial charge is 0.461 e. The highest BCUT2D eigenvalue weighted by Gasteiger charge is 2.20. The molecule has 32 heavy (non-hydrogen) atoms. The van der Waals surface area contributed by atoms with Gasteiger partial charge in [0.2, 0.25) is 0 Å². The third-order valence-electron chi connectivity index (χ3n) is 5.31. The Morgan fingerprint density at radius 3 is 2.31 bits per heavy atom. The van der Waals surface area contributed by atoms with Crippen LogP contribution < -0.4 is 4.90 Å². The van der Waals surface area contributed by atoms with Crippen LogP contribution in [0.5, 0.6) is 0 Å². The number of anilines is 1. The number of halogens is 1. The summed E-state index contributed by atoms with van der Waals surface area (Å²) in [4.78, 5) is 19.5. The Morgan fingerprint density at radius 2 is 1.62 bits per heavy atom. The van der Waals surface area contributed by atoms with Crippen LogP contribution in [0.3, 0.4) is 0 Å². The fraction of sp³-hybridized carbons (Fsp3) is 0.185. The van der Waals surface area contributed by atoms with E-state index < -0.39 is 0 Å². The molecule has 0 N–H and O–H groups in total. The van der Waals surface area contributed by atoms with Crippen molar-refractivity contribution in [2.24, 2.45) is 0 Å². The maximum atomic E-state index is 12.6. The highest BCUT2D eigenvalue weighted by atomic mass is 35.5. The van der Waals surface area contributed by atoms with Gasteiger partial charge in [0.15, 0.2) is 0 Å². The van der Waals surface area contributed by atoms with E-state index in [1.165, 1.54) is 0 Å². The Hall–Kier alpha value is -3.37. The fourth-order valence-corrected chi connectivity index (χ4v) is 3.82. The second kappa shape index (κ2) is 10.8. The zero-order chi connectivity index (χ0) is 22.2. The predicted octanol–water partition coefficient (Wildman–Crippen LogP) is 6.17. The molecular formula is C27H25ClN2O2. The van der Waals surface area contributed by atoms with Crippen LogP contribution in [-0.2, 0) is 29.1 Å². The third kappa shape index (κ3) is 5.86. The van der Waals surface area contributed by atoms with Gasteiger partial charge in [0.1, 0.15) is 12.4 Å². The first kappa shape index (κ1) is 21.8. The zero-order valence-corrected chi connectivity index (χ0v) is 18.5. The lowest BCUT2D eigenvalue weighted by Crippen LogP contribution is -2.26. The van der Waals surface area contributed by atoms with Crippen LogP contribution in [0.4, 0.5) is 5.82 Å². The van der Waals surface area contributed by atoms with E-state index in [9.17, 15) is 4.79 Å². The van der Waals surface area contributed by atoms with Crippen molar-refractivity contribution in [2.75, 3.05) is 4.90 Å². The van der Waals surface area contributed by atoms with Gasteiger partial charge >= 0.3 is 5.97 Å². The second-order valence-electron chi connectivity index (χ2n) is 7.65. The molecule has 0 amide bonds. The molecule has 162 valence electrons. The molecule has 1 aliphatic carbocycles. The normalized spacial score (nSPS) is 13.2. The second-order valence-corrected chi connectivity index (χ2v) is 8.14. The van der Waals surface area contributed by atoms with E-state index in [2.05, 4.69) is 22.0 Å². The monoisotopic (exact) mass is 444 g/mol. The summed E-state index contributed by atoms with van der Waals surface area (Å²) in [5, 5.41) is 0.846. The minimum atomic E-state index is -0.275. The lowest BCUT2D eigenvalue weighted by atomic mass is 10.1. The van der Waals surface area contributed by atoms with Gasteiger partial charge < -0.3 is 9.64 Å². The first-order valence-corrected chi connectivity index (χ1v) is 11.1. The number of ether oxygens (including phenoxy) is 1. The molecule has 0 fully saturated rings. The van der Waals surface area contributed by atoms with Gasteiger partial charge in [-0.05, 0) is 42.2 Å². The summed E-state index contributed by atoms with van der Waals surface area (Å²) in [6.45, 7) is 0.915. The van der Waals surface area contributed by atoms with Crippen molar-refractivity contribution >= 4 is 23.4 Å². The van der Waals surface area contributed by atoms with Gasteiger partial charge in [-0.3, -0.25) is 4.79 Å². The molecule has 0 radical (unpaired) electrons. The molecule has 0 saturated carbocycles. The van der Waals surface area contributed by atoms with E-state index in [0.29, 0.717) is 6.54 Å². The maximum absolute atomic E-state index is 12.6. The van der Waals surface area contributed by atoms with Gasteiger partial charge in [-0.25, -0.2) is 4.98 Å². The highest BCUT2D eigenvalue weighted by Crippen LogP contribution is 2.30. The first-order chi connectivity index (χ1) is 15.7. The Kier molecular flexibility index (Phi) is 7.36. The van der Waals surface area contributed by atoms with Crippen LogP contribution in [0.15, 0.2) is 102 Å². The number of pyridine rings is 1. The summed E-state index contributed by atoms with van der Waals surface area (Å²) in [6, 6.07) is 23.7. The molecule has 5 heteroatoms. The standard InChI is InChI=1S/C27H25ClN2O2/c28-24-13-15-25(16-14-24)30(19-21-8-3-1-4-9-21)27-23(12-7-17-29-27)18-26(31)32-20-22-10-5-2-6-11-22/h1-13,15,17H,14,16,18-20H2. The van der Waals surface area contributed by atoms with E-state index in [1.807, 2.05) is 72.8 Å². The number of hydrogen-bond donors (Lipinski definition) is 0. The van der Waals surface area contributed by atoms with Gasteiger partial charge in [0, 0.05) is 29.0 Å². The number of allylic oxidation sites excluding steroid dienone is 4. The van der Waals surface area contributed by atoms with Crippen molar-refractivity contribution < 1.29 is 9.53 Å². The van der Waals surface area contributed by atoms with E-state index in [4.69, 9.17) is 16.3 Å². The summed E-state index contributed by atoms with van der Waals surface area (Å²) in [5.74, 6) is 0.494. The average Bonchev–Trinajstić information content (AvgIpc) is 2.84. The molecule has 0 unspecified atom stereocenters. The van der Waals surface area contributed by atoms with E-state index in [-0.39, 0.29) is 19.0 Å². The molecule has 0 aliphatic heterocycles. The SMILES string of the molecule is O=C(Cc1cccnc1N(Cc1ccccc1)C1=CC=C(Cl)CC1)OCc1ccccc1. The van der Waals surface area contributed by atoms with Crippen LogP contribution >= 0.6 is 11.6 Å². The summed E-state index contributed by atoms with van der Waals surface area (Å²) in [5.41, 5.74) is 4.09. The fourth-order valence-electron chi connectivity index (χ4n) is 3.66. The minimum absolute atomic E-state index is 0.158. The van der Waals surface area contributed by atoms with Crippen LogP contribution in [0.1, 0.15) is 29.5 Å². The third-order valence-corrected chi connectivity index (χ3v) is 5.62. The van der Waals surface area contributed by atoms with Gasteiger partial charge in [-0.1, -0.05) is 78.3 Å². The van der Waals surface area contributed by atoms with Crippen molar-refractivity contribution in [3.8, 4) is 0 Å². The van der Waals surface area contributed by atoms with Crippen molar-refractivity contribution in [1.82, 2.24) is 4.98 Å². The summed E-state index contributed by atoms with van der Waals surface area (Å²) >= 11 is 6.20. The Morgan fingerprint density at radius 1 is 0.906 bits per heavy atom. The van der Waals surface area contributed by atoms with E-state index in [1.54, 1.807) is 6.20 Å². The quantitative estimate of drug-likeness (QED) is 0.389. The lowest BCUT2D eigenvalue weighted by Gasteiger charge is -2.29. The number of nitrogens with zero attached hydrogens (tertiary/aromatic N) is 2. The van der Waals surface area contributed by atoms with Crippen molar-refractivity contribution in [2.45, 2.75) is 32.4 Å². The molecule has 1 aromatic heterocycles. The van der Waals surface area contributed by atoms with Gasteiger partial charge in [-0.2, -0.15) is 0 Å². The Balaban J connectivity index is 1.57. The number of hydrogen-bond acceptors (Lipinski definition) is 4. The van der Waals surface area contributed by atoms with Gasteiger partial charge in [0.25, 0.3) is 0 Å². The molecule has 4 nitrogen and oxygen atoms in total. The highest BCUT2D eigenvalue weighted by molar-refractivity contribution is 6.29. The van der Waals surface area contributed by atoms with E-state index >= 15 is 0 Å². The van der Waals surface area contributed by atoms with E-state index in [0.717, 1.165) is 46.1 Å². The Bertz CT molecular complexity index is 1110. The van der Waals surface area contributed by atoms with Crippen molar-refractivity contribution in [3.05, 3.63) is 119 Å². The molecule has 0 atom stereocenters. The molecule has 0 saturated heterocycles. The molecule has 2 aromatic carbocycles. The molecule has 0 bridgehead atoms. The van der Waals surface area contributed by atoms with Crippen LogP contribution in [-0.4, -0.2) is 11.0 Å². The molecule has 4 rings (SSSR count). The number of carbonyl (C=O) groups excluding carboxylic acids is 1. The smallest absolute Gasteiger partial charge is 0.310 e. The molecular weight excluding hydrogens is 420 g/mol. The minimum Gasteiger partial charge on any atom is -0.461 e. The van der Waals surface area contributed by atoms with Crippen molar-refractivity contribution in [1.29, 1.82) is 0 Å². The van der Waals surface area contributed by atoms with Crippen molar-refractivity contribution in [3.63, 3.8) is 0 Å². The number of esters is 1. The van der Waals surface area contributed by atoms with Crippen LogP contribution in [0.2, 0.25) is 0 Å². The zero-order valence-electron chi connectivity index (χ0n) is 17.8. The molecule has 0 spiro atoms. The van der Waals surface area contributed by atoms with Gasteiger partial charge in [0.05, 0.1) is 6.42 Å². The first-order valence-electron chi connectivity index (χ1n) is 10.7. The number of carbonyl (C=O) groups is 1. The number of aromatic nitrogens is 1. The summed E-state index contributed by atoms with van der Waals surface area (Å²) < 4.78 is 5.52. The Labute approximate surface area is 193 Å². The van der Waals surface area contributed by atoms with Crippen LogP contribution in [0, 0.1) is 0 Å². The summed E-state index contributed by atoms with van der Waals surface area (Å²) in [6.07, 6.45) is 7.51. The van der Waals surface area contributed by atoms with Crippen LogP contribution in [0.25, 0.3) is 0 Å². The number of rotatable bonds is 8. The number of benzene rings is 2. The maximum Gasteiger partial charge on any atom is 0.310 e. The molecule has 1 aliphatic rings. The average molecular weight is 445 g/mol. The molecule has 3 aromatic rings. The van der Waals surface area contributed by atoms with Gasteiger partial charge in [-0.15, -0.1) is 0 Å². The lowest BCUT2D eigenvalue weighted by molar-refractivity contribution is -0.144. The predicted molar refractivity (Wildman–Crippen MR) is 128 cm³/mol. The topological polar surface area (TPSA) is 42.4 Å². The molecule has 1 heterocycles.